The number of hydrogen-bond acceptors (Lipinski definition) is 4. The summed E-state index contributed by atoms with van der Waals surface area (Å²) >= 11 is 0. The van der Waals surface area contributed by atoms with Crippen LogP contribution in [0.25, 0.3) is 0 Å². The van der Waals surface area contributed by atoms with Gasteiger partial charge in [-0.2, -0.15) is 13.2 Å². The molecule has 1 unspecified atom stereocenters. The van der Waals surface area contributed by atoms with Crippen molar-refractivity contribution in [1.82, 2.24) is 20.5 Å². The minimum atomic E-state index is -4.39. The summed E-state index contributed by atoms with van der Waals surface area (Å²) in [7, 11) is 0. The molecule has 122 valence electrons. The summed E-state index contributed by atoms with van der Waals surface area (Å²) < 4.78 is 39.6. The van der Waals surface area contributed by atoms with Crippen molar-refractivity contribution in [3.63, 3.8) is 0 Å². The second-order valence-electron chi connectivity index (χ2n) is 5.22. The van der Waals surface area contributed by atoms with Crippen molar-refractivity contribution < 1.29 is 18.0 Å². The van der Waals surface area contributed by atoms with Gasteiger partial charge in [-0.05, 0) is 18.6 Å². The Kier molecular flexibility index (Phi) is 5.36. The molecule has 0 aromatic carbocycles. The molecule has 1 fully saturated rings. The summed E-state index contributed by atoms with van der Waals surface area (Å²) in [6, 6.07) is 1.69. The van der Waals surface area contributed by atoms with E-state index >= 15 is 0 Å². The molecule has 2 N–H and O–H groups in total. The van der Waals surface area contributed by atoms with Crippen molar-refractivity contribution in [2.75, 3.05) is 32.7 Å². The number of carbonyl (C=O) groups is 1. The van der Waals surface area contributed by atoms with Crippen molar-refractivity contribution in [2.45, 2.75) is 19.1 Å². The van der Waals surface area contributed by atoms with E-state index in [4.69, 9.17) is 0 Å². The van der Waals surface area contributed by atoms with E-state index in [9.17, 15) is 18.0 Å². The third-order valence-corrected chi connectivity index (χ3v) is 3.65. The number of nitrogens with one attached hydrogen (secondary N) is 2. The lowest BCUT2D eigenvalue weighted by Crippen LogP contribution is -2.57. The topological polar surface area (TPSA) is 57.3 Å². The van der Waals surface area contributed by atoms with Gasteiger partial charge in [-0.3, -0.25) is 14.7 Å². The highest BCUT2D eigenvalue weighted by Gasteiger charge is 2.43. The smallest absolute Gasteiger partial charge is 0.349 e. The van der Waals surface area contributed by atoms with Crippen LogP contribution in [0.1, 0.15) is 16.1 Å². The van der Waals surface area contributed by atoms with Gasteiger partial charge in [-0.1, -0.05) is 6.07 Å². The molecule has 8 heteroatoms. The van der Waals surface area contributed by atoms with Gasteiger partial charge in [0.05, 0.1) is 0 Å². The first-order valence-corrected chi connectivity index (χ1v) is 7.11. The summed E-state index contributed by atoms with van der Waals surface area (Å²) in [4.78, 5) is 17.3. The predicted molar refractivity (Wildman–Crippen MR) is 75.6 cm³/mol. The minimum absolute atomic E-state index is 0.156. The maximum atomic E-state index is 13.2. The fourth-order valence-corrected chi connectivity index (χ4v) is 2.44. The van der Waals surface area contributed by atoms with Crippen molar-refractivity contribution in [1.29, 1.82) is 0 Å². The average molecular weight is 316 g/mol. The van der Waals surface area contributed by atoms with E-state index in [1.54, 1.807) is 19.1 Å². The van der Waals surface area contributed by atoms with E-state index in [1.807, 2.05) is 0 Å². The maximum Gasteiger partial charge on any atom is 0.405 e. The molecule has 5 nitrogen and oxygen atoms in total. The second-order valence-corrected chi connectivity index (χ2v) is 5.22. The number of aromatic nitrogens is 1. The minimum Gasteiger partial charge on any atom is -0.349 e. The second kappa shape index (κ2) is 7.06. The Labute approximate surface area is 126 Å². The van der Waals surface area contributed by atoms with Crippen molar-refractivity contribution in [3.05, 3.63) is 29.6 Å². The Balaban J connectivity index is 2.02. The zero-order valence-electron chi connectivity index (χ0n) is 12.3. The standard InChI is InChI=1S/C14H19F3N4O/c1-10-3-2-4-19-12(10)13(22)20-9-11(14(15,16)17)21-7-5-18-6-8-21/h2-4,11,18H,5-9H2,1H3,(H,20,22). The molecule has 22 heavy (non-hydrogen) atoms. The van der Waals surface area contributed by atoms with Crippen molar-refractivity contribution >= 4 is 5.91 Å². The Morgan fingerprint density at radius 3 is 2.73 bits per heavy atom. The molecular formula is C14H19F3N4O. The number of alkyl halides is 3. The lowest BCUT2D eigenvalue weighted by Gasteiger charge is -2.35. The Morgan fingerprint density at radius 1 is 1.45 bits per heavy atom. The number of pyridine rings is 1. The van der Waals surface area contributed by atoms with Gasteiger partial charge < -0.3 is 10.6 Å². The number of carbonyl (C=O) groups excluding carboxylic acids is 1. The molecule has 1 aromatic heterocycles. The zero-order chi connectivity index (χ0) is 16.2. The summed E-state index contributed by atoms with van der Waals surface area (Å²) in [5, 5.41) is 5.37. The number of aryl methyl sites for hydroxylation is 1. The highest BCUT2D eigenvalue weighted by atomic mass is 19.4. The number of rotatable bonds is 4. The number of hydrogen-bond donors (Lipinski definition) is 2. The fourth-order valence-electron chi connectivity index (χ4n) is 2.44. The van der Waals surface area contributed by atoms with Crippen LogP contribution in [0.5, 0.6) is 0 Å². The maximum absolute atomic E-state index is 13.2. The van der Waals surface area contributed by atoms with Crippen LogP contribution < -0.4 is 10.6 Å². The largest absolute Gasteiger partial charge is 0.405 e. The van der Waals surface area contributed by atoms with Crippen LogP contribution in [-0.2, 0) is 0 Å². The van der Waals surface area contributed by atoms with Crippen molar-refractivity contribution in [2.24, 2.45) is 0 Å². The van der Waals surface area contributed by atoms with Gasteiger partial charge in [0, 0.05) is 38.9 Å². The molecule has 0 bridgehead atoms. The van der Waals surface area contributed by atoms with E-state index in [-0.39, 0.29) is 5.69 Å². The monoisotopic (exact) mass is 316 g/mol. The van der Waals surface area contributed by atoms with Crippen LogP contribution in [0.15, 0.2) is 18.3 Å². The molecule has 2 heterocycles. The summed E-state index contributed by atoms with van der Waals surface area (Å²) in [6.45, 7) is 2.86. The van der Waals surface area contributed by atoms with Gasteiger partial charge in [-0.25, -0.2) is 0 Å². The first kappa shape index (κ1) is 16.7. The Hall–Kier alpha value is -1.67. The van der Waals surface area contributed by atoms with Gasteiger partial charge in [-0.15, -0.1) is 0 Å². The summed E-state index contributed by atoms with van der Waals surface area (Å²) in [5.41, 5.74) is 0.787. The van der Waals surface area contributed by atoms with E-state index in [0.29, 0.717) is 31.7 Å². The number of piperazine rings is 1. The van der Waals surface area contributed by atoms with Crippen LogP contribution in [0.4, 0.5) is 13.2 Å². The zero-order valence-corrected chi connectivity index (χ0v) is 12.3. The predicted octanol–water partition coefficient (Wildman–Crippen LogP) is 0.956. The van der Waals surface area contributed by atoms with Gasteiger partial charge in [0.1, 0.15) is 11.7 Å². The lowest BCUT2D eigenvalue weighted by atomic mass is 10.2. The van der Waals surface area contributed by atoms with Gasteiger partial charge in [0.15, 0.2) is 0 Å². The fraction of sp³-hybridized carbons (Fsp3) is 0.571. The van der Waals surface area contributed by atoms with Crippen LogP contribution in [0.2, 0.25) is 0 Å². The lowest BCUT2D eigenvalue weighted by molar-refractivity contribution is -0.183. The van der Waals surface area contributed by atoms with E-state index in [2.05, 4.69) is 15.6 Å². The SMILES string of the molecule is Cc1cccnc1C(=O)NCC(N1CCNCC1)C(F)(F)F. The van der Waals surface area contributed by atoms with E-state index < -0.39 is 24.7 Å². The average Bonchev–Trinajstić information content (AvgIpc) is 2.47. The molecule has 1 aromatic rings. The van der Waals surface area contributed by atoms with Crippen LogP contribution >= 0.6 is 0 Å². The molecule has 1 aliphatic heterocycles. The van der Waals surface area contributed by atoms with Crippen LogP contribution in [-0.4, -0.2) is 60.7 Å². The Morgan fingerprint density at radius 2 is 2.14 bits per heavy atom. The number of halogens is 3. The molecule has 0 spiro atoms. The third-order valence-electron chi connectivity index (χ3n) is 3.65. The highest BCUT2D eigenvalue weighted by molar-refractivity contribution is 5.93. The van der Waals surface area contributed by atoms with Crippen LogP contribution in [0.3, 0.4) is 0 Å². The Bertz CT molecular complexity index is 515. The van der Waals surface area contributed by atoms with Crippen LogP contribution in [0, 0.1) is 6.92 Å². The first-order chi connectivity index (χ1) is 10.4. The molecule has 0 aliphatic carbocycles. The molecule has 0 saturated carbocycles. The quantitative estimate of drug-likeness (QED) is 0.869. The highest BCUT2D eigenvalue weighted by Crippen LogP contribution is 2.24. The van der Waals surface area contributed by atoms with E-state index in [1.165, 1.54) is 11.1 Å². The summed E-state index contributed by atoms with van der Waals surface area (Å²) in [6.07, 6.45) is -2.94. The summed E-state index contributed by atoms with van der Waals surface area (Å²) in [5.74, 6) is -0.581. The molecule has 1 atom stereocenters. The van der Waals surface area contributed by atoms with E-state index in [0.717, 1.165) is 0 Å². The molecule has 1 saturated heterocycles. The molecular weight excluding hydrogens is 297 g/mol. The molecule has 1 amide bonds. The molecule has 2 rings (SSSR count). The third kappa shape index (κ3) is 4.17. The number of nitrogens with zero attached hydrogens (tertiary/aromatic N) is 2. The molecule has 1 aliphatic rings. The van der Waals surface area contributed by atoms with Crippen molar-refractivity contribution in [3.8, 4) is 0 Å². The first-order valence-electron chi connectivity index (χ1n) is 7.11. The van der Waals surface area contributed by atoms with Gasteiger partial charge in [0.25, 0.3) is 5.91 Å². The number of amides is 1. The van der Waals surface area contributed by atoms with Gasteiger partial charge in [0.2, 0.25) is 0 Å². The normalized spacial score (nSPS) is 18.0. The van der Waals surface area contributed by atoms with Gasteiger partial charge >= 0.3 is 6.18 Å². The molecule has 0 radical (unpaired) electrons.